The van der Waals surface area contributed by atoms with E-state index in [9.17, 15) is 4.79 Å². The lowest BCUT2D eigenvalue weighted by atomic mass is 10.1. The van der Waals surface area contributed by atoms with Gasteiger partial charge >= 0.3 is 0 Å². The molecular weight excluding hydrogens is 264 g/mol. The molecule has 108 valence electrons. The highest BCUT2D eigenvalue weighted by Gasteiger charge is 2.03. The van der Waals surface area contributed by atoms with Crippen LogP contribution < -0.4 is 9.47 Å². The molecule has 2 rings (SSSR count). The van der Waals surface area contributed by atoms with Crippen LogP contribution >= 0.6 is 0 Å². The first-order chi connectivity index (χ1) is 10.3. The topological polar surface area (TPSA) is 35.5 Å². The van der Waals surface area contributed by atoms with Crippen LogP contribution in [0.25, 0.3) is 0 Å². The Morgan fingerprint density at radius 2 is 1.52 bits per heavy atom. The quantitative estimate of drug-likeness (QED) is 0.421. The van der Waals surface area contributed by atoms with E-state index in [0.717, 1.165) is 24.0 Å². The third-order valence-electron chi connectivity index (χ3n) is 2.98. The van der Waals surface area contributed by atoms with Crippen molar-refractivity contribution in [1.29, 1.82) is 0 Å². The molecule has 0 aliphatic rings. The molecule has 2 aromatic rings. The van der Waals surface area contributed by atoms with Gasteiger partial charge in [-0.1, -0.05) is 36.4 Å². The summed E-state index contributed by atoms with van der Waals surface area (Å²) in [5, 5.41) is 0. The second kappa shape index (κ2) is 7.90. The van der Waals surface area contributed by atoms with Gasteiger partial charge in [0.1, 0.15) is 24.7 Å². The zero-order valence-electron chi connectivity index (χ0n) is 11.8. The number of benzene rings is 2. The Balaban J connectivity index is 1.87. The Labute approximate surface area is 124 Å². The number of carbonyl (C=O) groups is 1. The lowest BCUT2D eigenvalue weighted by Crippen LogP contribution is -2.10. The van der Waals surface area contributed by atoms with Crippen LogP contribution in [0.15, 0.2) is 61.2 Å². The number of aldehydes is 1. The lowest BCUT2D eigenvalue weighted by molar-refractivity contribution is 0.111. The van der Waals surface area contributed by atoms with E-state index in [1.54, 1.807) is 18.2 Å². The van der Waals surface area contributed by atoms with E-state index >= 15 is 0 Å². The van der Waals surface area contributed by atoms with Crippen LogP contribution in [0.1, 0.15) is 15.9 Å². The molecule has 0 heterocycles. The summed E-state index contributed by atoms with van der Waals surface area (Å²) in [5.74, 6) is 1.42. The van der Waals surface area contributed by atoms with Crippen molar-refractivity contribution in [3.63, 3.8) is 0 Å². The number of rotatable bonds is 8. The molecule has 3 heteroatoms. The van der Waals surface area contributed by atoms with Gasteiger partial charge in [-0.25, -0.2) is 0 Å². The van der Waals surface area contributed by atoms with Gasteiger partial charge in [0, 0.05) is 0 Å². The highest BCUT2D eigenvalue weighted by molar-refractivity contribution is 5.79. The van der Waals surface area contributed by atoms with Gasteiger partial charge in [-0.05, 0) is 30.2 Å². The molecule has 0 radical (unpaired) electrons. The van der Waals surface area contributed by atoms with Gasteiger partial charge in [-0.15, -0.1) is 6.58 Å². The summed E-state index contributed by atoms with van der Waals surface area (Å²) in [6, 6.07) is 15.0. The number of ether oxygens (including phenoxy) is 2. The normalized spacial score (nSPS) is 9.90. The van der Waals surface area contributed by atoms with Crippen LogP contribution in [0.4, 0.5) is 0 Å². The largest absolute Gasteiger partial charge is 0.490 e. The molecule has 0 unspecified atom stereocenters. The number of allylic oxidation sites excluding steroid dienone is 1. The average molecular weight is 282 g/mol. The van der Waals surface area contributed by atoms with Gasteiger partial charge in [0.15, 0.2) is 6.29 Å². The second-order valence-corrected chi connectivity index (χ2v) is 4.45. The summed E-state index contributed by atoms with van der Waals surface area (Å²) < 4.78 is 11.3. The molecule has 0 bridgehead atoms. The van der Waals surface area contributed by atoms with Crippen molar-refractivity contribution in [3.8, 4) is 11.5 Å². The van der Waals surface area contributed by atoms with Crippen LogP contribution in [-0.4, -0.2) is 19.5 Å². The minimum absolute atomic E-state index is 0.382. The lowest BCUT2D eigenvalue weighted by Gasteiger charge is -2.12. The molecule has 0 saturated carbocycles. The Morgan fingerprint density at radius 3 is 2.24 bits per heavy atom. The van der Waals surface area contributed by atoms with Crippen molar-refractivity contribution in [1.82, 2.24) is 0 Å². The van der Waals surface area contributed by atoms with E-state index in [4.69, 9.17) is 9.47 Å². The van der Waals surface area contributed by atoms with Crippen molar-refractivity contribution in [2.45, 2.75) is 6.42 Å². The van der Waals surface area contributed by atoms with Gasteiger partial charge < -0.3 is 9.47 Å². The molecule has 0 atom stereocenters. The SMILES string of the molecule is C=CCc1ccccc1OCCOc1ccccc1C=O. The maximum atomic E-state index is 10.9. The predicted octanol–water partition coefficient (Wildman–Crippen LogP) is 3.69. The van der Waals surface area contributed by atoms with Crippen LogP contribution in [0.2, 0.25) is 0 Å². The predicted molar refractivity (Wildman–Crippen MR) is 83.2 cm³/mol. The van der Waals surface area contributed by atoms with E-state index < -0.39 is 0 Å². The zero-order chi connectivity index (χ0) is 14.9. The van der Waals surface area contributed by atoms with Gasteiger partial charge in [0.25, 0.3) is 0 Å². The smallest absolute Gasteiger partial charge is 0.153 e. The molecule has 3 nitrogen and oxygen atoms in total. The third kappa shape index (κ3) is 4.21. The molecule has 0 fully saturated rings. The fourth-order valence-corrected chi connectivity index (χ4v) is 1.98. The van der Waals surface area contributed by atoms with E-state index in [2.05, 4.69) is 6.58 Å². The number of hydrogen-bond acceptors (Lipinski definition) is 3. The van der Waals surface area contributed by atoms with Gasteiger partial charge in [-0.2, -0.15) is 0 Å². The van der Waals surface area contributed by atoms with Crippen LogP contribution in [0.5, 0.6) is 11.5 Å². The first-order valence-electron chi connectivity index (χ1n) is 6.83. The fourth-order valence-electron chi connectivity index (χ4n) is 1.98. The summed E-state index contributed by atoms with van der Waals surface area (Å²) in [6.07, 6.45) is 3.40. The summed E-state index contributed by atoms with van der Waals surface area (Å²) in [4.78, 5) is 10.9. The molecule has 0 amide bonds. The summed E-state index contributed by atoms with van der Waals surface area (Å²) in [6.45, 7) is 4.54. The molecule has 0 spiro atoms. The highest BCUT2D eigenvalue weighted by Crippen LogP contribution is 2.19. The van der Waals surface area contributed by atoms with E-state index in [1.807, 2.05) is 36.4 Å². The molecule has 0 N–H and O–H groups in total. The number of carbonyl (C=O) groups excluding carboxylic acids is 1. The minimum Gasteiger partial charge on any atom is -0.490 e. The monoisotopic (exact) mass is 282 g/mol. The molecular formula is C18H18O3. The molecule has 0 aliphatic carbocycles. The minimum atomic E-state index is 0.382. The molecule has 0 aromatic heterocycles. The van der Waals surface area contributed by atoms with Crippen LogP contribution in [0.3, 0.4) is 0 Å². The van der Waals surface area contributed by atoms with Gasteiger partial charge in [0.2, 0.25) is 0 Å². The average Bonchev–Trinajstić information content (AvgIpc) is 2.53. The van der Waals surface area contributed by atoms with E-state index in [-0.39, 0.29) is 0 Å². The first-order valence-corrected chi connectivity index (χ1v) is 6.83. The summed E-state index contributed by atoms with van der Waals surface area (Å²) in [7, 11) is 0. The molecule has 0 saturated heterocycles. The van der Waals surface area contributed by atoms with E-state index in [0.29, 0.717) is 24.5 Å². The van der Waals surface area contributed by atoms with Crippen LogP contribution in [-0.2, 0) is 6.42 Å². The Kier molecular flexibility index (Phi) is 5.59. The van der Waals surface area contributed by atoms with Crippen molar-refractivity contribution in [2.75, 3.05) is 13.2 Å². The Bertz CT molecular complexity index is 605. The molecule has 21 heavy (non-hydrogen) atoms. The Hall–Kier alpha value is -2.55. The molecule has 2 aromatic carbocycles. The van der Waals surface area contributed by atoms with Crippen molar-refractivity contribution in [2.24, 2.45) is 0 Å². The fraction of sp³-hybridized carbons (Fsp3) is 0.167. The maximum Gasteiger partial charge on any atom is 0.153 e. The number of para-hydroxylation sites is 2. The van der Waals surface area contributed by atoms with Crippen molar-refractivity contribution >= 4 is 6.29 Å². The third-order valence-corrected chi connectivity index (χ3v) is 2.98. The highest BCUT2D eigenvalue weighted by atomic mass is 16.5. The first kappa shape index (κ1) is 14.9. The summed E-state index contributed by atoms with van der Waals surface area (Å²) >= 11 is 0. The Morgan fingerprint density at radius 1 is 0.905 bits per heavy atom. The zero-order valence-corrected chi connectivity index (χ0v) is 11.8. The molecule has 0 aliphatic heterocycles. The van der Waals surface area contributed by atoms with Gasteiger partial charge in [0.05, 0.1) is 5.56 Å². The van der Waals surface area contributed by atoms with Crippen molar-refractivity contribution in [3.05, 3.63) is 72.3 Å². The van der Waals surface area contributed by atoms with Crippen LogP contribution in [0, 0.1) is 0 Å². The van der Waals surface area contributed by atoms with Crippen molar-refractivity contribution < 1.29 is 14.3 Å². The second-order valence-electron chi connectivity index (χ2n) is 4.45. The summed E-state index contributed by atoms with van der Waals surface area (Å²) in [5.41, 5.74) is 1.64. The van der Waals surface area contributed by atoms with Gasteiger partial charge in [-0.3, -0.25) is 4.79 Å². The number of hydrogen-bond donors (Lipinski definition) is 0. The maximum absolute atomic E-state index is 10.9. The van der Waals surface area contributed by atoms with E-state index in [1.165, 1.54) is 0 Å². The standard InChI is InChI=1S/C18H18O3/c1-2-7-15-8-3-5-10-17(15)20-12-13-21-18-11-6-4-9-16(18)14-19/h2-6,8-11,14H,1,7,12-13H2.